The minimum Gasteiger partial charge on any atom is -0.481 e. The van der Waals surface area contributed by atoms with Gasteiger partial charge in [0.25, 0.3) is 0 Å². The number of benzene rings is 1. The lowest BCUT2D eigenvalue weighted by Gasteiger charge is -2.01. The summed E-state index contributed by atoms with van der Waals surface area (Å²) in [6, 6.07) is 9.70. The third kappa shape index (κ3) is 3.05. The molecule has 1 aromatic rings. The molecule has 0 bridgehead atoms. The van der Waals surface area contributed by atoms with E-state index >= 15 is 0 Å². The van der Waals surface area contributed by atoms with E-state index in [1.807, 2.05) is 43.3 Å². The van der Waals surface area contributed by atoms with Crippen LogP contribution in [0.2, 0.25) is 0 Å². The first-order chi connectivity index (χ1) is 6.74. The van der Waals surface area contributed by atoms with Crippen LogP contribution in [0.5, 0.6) is 0 Å². The lowest BCUT2D eigenvalue weighted by Crippen LogP contribution is -2.08. The largest absolute Gasteiger partial charge is 0.481 e. The van der Waals surface area contributed by atoms with Gasteiger partial charge < -0.3 is 5.11 Å². The molecule has 1 rings (SSSR count). The molecule has 2 nitrogen and oxygen atoms in total. The van der Waals surface area contributed by atoms with Gasteiger partial charge in [0.05, 0.1) is 5.92 Å². The third-order valence-corrected chi connectivity index (χ3v) is 2.08. The number of carboxylic acids is 1. The molecule has 0 aromatic heterocycles. The number of rotatable bonds is 4. The standard InChI is InChI=1S/C12H14O2/c1-2-11(12(13)14)9-8-10-6-4-3-5-7-10/h3-9,11H,2H2,1H3,(H,13,14)/t11-/m0/s1. The van der Waals surface area contributed by atoms with Crippen molar-refractivity contribution in [2.24, 2.45) is 5.92 Å². The second-order valence-electron chi connectivity index (χ2n) is 3.12. The van der Waals surface area contributed by atoms with Crippen LogP contribution in [0.15, 0.2) is 36.4 Å². The summed E-state index contributed by atoms with van der Waals surface area (Å²) in [7, 11) is 0. The maximum atomic E-state index is 10.7. The smallest absolute Gasteiger partial charge is 0.310 e. The summed E-state index contributed by atoms with van der Waals surface area (Å²) in [6.45, 7) is 1.87. The highest BCUT2D eigenvalue weighted by atomic mass is 16.4. The first-order valence-electron chi connectivity index (χ1n) is 4.70. The number of hydrogen-bond acceptors (Lipinski definition) is 1. The molecule has 0 radical (unpaired) electrons. The second-order valence-corrected chi connectivity index (χ2v) is 3.12. The summed E-state index contributed by atoms with van der Waals surface area (Å²) in [4.78, 5) is 10.7. The van der Waals surface area contributed by atoms with Gasteiger partial charge in [-0.1, -0.05) is 49.4 Å². The number of carbonyl (C=O) groups is 1. The van der Waals surface area contributed by atoms with E-state index in [9.17, 15) is 4.79 Å². The summed E-state index contributed by atoms with van der Waals surface area (Å²) < 4.78 is 0. The Balaban J connectivity index is 2.67. The molecule has 14 heavy (non-hydrogen) atoms. The molecule has 1 atom stereocenters. The Morgan fingerprint density at radius 3 is 2.57 bits per heavy atom. The van der Waals surface area contributed by atoms with Crippen molar-refractivity contribution >= 4 is 12.0 Å². The minimum absolute atomic E-state index is 0.379. The molecule has 0 aliphatic carbocycles. The van der Waals surface area contributed by atoms with Crippen LogP contribution in [0, 0.1) is 5.92 Å². The Morgan fingerprint density at radius 1 is 1.43 bits per heavy atom. The summed E-state index contributed by atoms with van der Waals surface area (Å²) in [5, 5.41) is 8.80. The van der Waals surface area contributed by atoms with Crippen LogP contribution in [-0.4, -0.2) is 11.1 Å². The molecule has 0 saturated carbocycles. The number of carboxylic acid groups (broad SMARTS) is 1. The molecule has 0 saturated heterocycles. The van der Waals surface area contributed by atoms with Gasteiger partial charge in [0.2, 0.25) is 0 Å². The van der Waals surface area contributed by atoms with Crippen molar-refractivity contribution in [2.75, 3.05) is 0 Å². The van der Waals surface area contributed by atoms with E-state index in [2.05, 4.69) is 0 Å². The van der Waals surface area contributed by atoms with Gasteiger partial charge in [0.15, 0.2) is 0 Å². The maximum Gasteiger partial charge on any atom is 0.310 e. The van der Waals surface area contributed by atoms with Gasteiger partial charge in [0.1, 0.15) is 0 Å². The summed E-state index contributed by atoms with van der Waals surface area (Å²) in [5.41, 5.74) is 1.03. The molecule has 0 amide bonds. The summed E-state index contributed by atoms with van der Waals surface area (Å²) in [6.07, 6.45) is 4.21. The average molecular weight is 190 g/mol. The number of aliphatic carboxylic acids is 1. The molecule has 0 aliphatic heterocycles. The fourth-order valence-electron chi connectivity index (χ4n) is 1.18. The molecule has 0 aliphatic rings. The van der Waals surface area contributed by atoms with Gasteiger partial charge in [-0.2, -0.15) is 0 Å². The quantitative estimate of drug-likeness (QED) is 0.792. The molecular formula is C12H14O2. The third-order valence-electron chi connectivity index (χ3n) is 2.08. The summed E-state index contributed by atoms with van der Waals surface area (Å²) >= 11 is 0. The van der Waals surface area contributed by atoms with Crippen molar-refractivity contribution in [1.82, 2.24) is 0 Å². The van der Waals surface area contributed by atoms with E-state index in [4.69, 9.17) is 5.11 Å². The van der Waals surface area contributed by atoms with E-state index in [-0.39, 0.29) is 5.92 Å². The number of hydrogen-bond donors (Lipinski definition) is 1. The fraction of sp³-hybridized carbons (Fsp3) is 0.250. The van der Waals surface area contributed by atoms with Crippen molar-refractivity contribution in [2.45, 2.75) is 13.3 Å². The van der Waals surface area contributed by atoms with Crippen LogP contribution < -0.4 is 0 Å². The van der Waals surface area contributed by atoms with E-state index in [1.54, 1.807) is 6.08 Å². The Hall–Kier alpha value is -1.57. The Kier molecular flexibility index (Phi) is 3.92. The molecule has 74 valence electrons. The van der Waals surface area contributed by atoms with Crippen LogP contribution in [0.25, 0.3) is 6.08 Å². The van der Waals surface area contributed by atoms with Crippen LogP contribution in [-0.2, 0) is 4.79 Å². The molecule has 1 aromatic carbocycles. The molecule has 0 fully saturated rings. The topological polar surface area (TPSA) is 37.3 Å². The van der Waals surface area contributed by atoms with E-state index in [0.29, 0.717) is 6.42 Å². The van der Waals surface area contributed by atoms with Crippen molar-refractivity contribution in [3.8, 4) is 0 Å². The van der Waals surface area contributed by atoms with E-state index in [1.165, 1.54) is 0 Å². The van der Waals surface area contributed by atoms with Gasteiger partial charge in [-0.3, -0.25) is 4.79 Å². The fourth-order valence-corrected chi connectivity index (χ4v) is 1.18. The Bertz CT molecular complexity index is 314. The molecule has 2 heteroatoms. The highest BCUT2D eigenvalue weighted by Crippen LogP contribution is 2.08. The maximum absolute atomic E-state index is 10.7. The molecule has 0 unspecified atom stereocenters. The van der Waals surface area contributed by atoms with Crippen LogP contribution >= 0.6 is 0 Å². The zero-order chi connectivity index (χ0) is 10.4. The van der Waals surface area contributed by atoms with Gasteiger partial charge in [-0.25, -0.2) is 0 Å². The van der Waals surface area contributed by atoms with Gasteiger partial charge >= 0.3 is 5.97 Å². The first-order valence-corrected chi connectivity index (χ1v) is 4.70. The zero-order valence-electron chi connectivity index (χ0n) is 8.18. The second kappa shape index (κ2) is 5.22. The van der Waals surface area contributed by atoms with Gasteiger partial charge in [-0.15, -0.1) is 0 Å². The normalized spacial score (nSPS) is 12.9. The van der Waals surface area contributed by atoms with Crippen molar-refractivity contribution in [1.29, 1.82) is 0 Å². The first kappa shape index (κ1) is 10.5. The van der Waals surface area contributed by atoms with Crippen molar-refractivity contribution in [3.63, 3.8) is 0 Å². The predicted octanol–water partition coefficient (Wildman–Crippen LogP) is 2.81. The average Bonchev–Trinajstić information content (AvgIpc) is 2.20. The van der Waals surface area contributed by atoms with Crippen LogP contribution in [0.3, 0.4) is 0 Å². The van der Waals surface area contributed by atoms with E-state index < -0.39 is 5.97 Å². The Labute approximate surface area is 83.9 Å². The van der Waals surface area contributed by atoms with Crippen LogP contribution in [0.1, 0.15) is 18.9 Å². The Morgan fingerprint density at radius 2 is 2.07 bits per heavy atom. The lowest BCUT2D eigenvalue weighted by atomic mass is 10.1. The zero-order valence-corrected chi connectivity index (χ0v) is 8.18. The monoisotopic (exact) mass is 190 g/mol. The molecule has 0 heterocycles. The summed E-state index contributed by atoms with van der Waals surface area (Å²) in [5.74, 6) is -1.14. The minimum atomic E-state index is -0.764. The van der Waals surface area contributed by atoms with Crippen LogP contribution in [0.4, 0.5) is 0 Å². The molecule has 0 spiro atoms. The SMILES string of the molecule is CC[C@@H](C=Cc1ccccc1)C(=O)O. The van der Waals surface area contributed by atoms with E-state index in [0.717, 1.165) is 5.56 Å². The van der Waals surface area contributed by atoms with Gasteiger partial charge in [-0.05, 0) is 12.0 Å². The molecule has 1 N–H and O–H groups in total. The van der Waals surface area contributed by atoms with Crippen molar-refractivity contribution < 1.29 is 9.90 Å². The van der Waals surface area contributed by atoms with Crippen molar-refractivity contribution in [3.05, 3.63) is 42.0 Å². The lowest BCUT2D eigenvalue weighted by molar-refractivity contribution is -0.140. The molecular weight excluding hydrogens is 176 g/mol. The van der Waals surface area contributed by atoms with Gasteiger partial charge in [0, 0.05) is 0 Å². The predicted molar refractivity (Wildman–Crippen MR) is 56.9 cm³/mol. The highest BCUT2D eigenvalue weighted by molar-refractivity contribution is 5.73. The highest BCUT2D eigenvalue weighted by Gasteiger charge is 2.09.